The fourth-order valence-electron chi connectivity index (χ4n) is 2.27. The van der Waals surface area contributed by atoms with Gasteiger partial charge >= 0.3 is 12.8 Å². The maximum Gasteiger partial charge on any atom is 0.403 e. The first-order valence-electron chi connectivity index (χ1n) is 5.82. The van der Waals surface area contributed by atoms with Crippen molar-refractivity contribution >= 4 is 5.91 Å². The Hall–Kier alpha value is -0.960. The average Bonchev–Trinajstić information content (AvgIpc) is 2.70. The van der Waals surface area contributed by atoms with Crippen LogP contribution in [0.25, 0.3) is 0 Å². The molecule has 19 heavy (non-hydrogen) atoms. The molecule has 1 N–H and O–H groups in total. The fraction of sp³-hybridized carbons (Fsp3) is 0.900. The molecule has 0 spiro atoms. The molecular weight excluding hydrogens is 275 g/mol. The maximum absolute atomic E-state index is 12.4. The average molecular weight is 288 g/mol. The normalized spacial score (nSPS) is 28.8. The number of rotatable bonds is 3. The van der Waals surface area contributed by atoms with E-state index in [9.17, 15) is 26.7 Å². The van der Waals surface area contributed by atoms with Crippen molar-refractivity contribution in [3.8, 4) is 0 Å². The van der Waals surface area contributed by atoms with Crippen LogP contribution in [0.3, 0.4) is 0 Å². The third-order valence-electron chi connectivity index (χ3n) is 3.29. The number of hydrogen-bond donors (Lipinski definition) is 1. The van der Waals surface area contributed by atoms with Gasteiger partial charge < -0.3 is 9.64 Å². The van der Waals surface area contributed by atoms with Crippen LogP contribution in [0.2, 0.25) is 0 Å². The molecule has 0 bridgehead atoms. The van der Waals surface area contributed by atoms with Crippen LogP contribution in [-0.4, -0.2) is 54.9 Å². The van der Waals surface area contributed by atoms with E-state index in [1.165, 1.54) is 4.90 Å². The molecule has 0 aliphatic carbocycles. The summed E-state index contributed by atoms with van der Waals surface area (Å²) in [5, 5.41) is 2.23. The van der Waals surface area contributed by atoms with Crippen molar-refractivity contribution in [2.75, 3.05) is 13.1 Å². The summed E-state index contributed by atoms with van der Waals surface area (Å²) >= 11 is 0. The second-order valence-corrected chi connectivity index (χ2v) is 4.65. The SMILES string of the molecule is O=C(C1CCC(C(F)(F)F)N1)N1CC(OC(F)F)C1. The van der Waals surface area contributed by atoms with Crippen LogP contribution in [-0.2, 0) is 9.53 Å². The third-order valence-corrected chi connectivity index (χ3v) is 3.29. The number of carbonyl (C=O) groups excluding carboxylic acids is 1. The minimum Gasteiger partial charge on any atom is -0.336 e. The zero-order valence-electron chi connectivity index (χ0n) is 9.79. The lowest BCUT2D eigenvalue weighted by Gasteiger charge is -2.39. The van der Waals surface area contributed by atoms with E-state index in [-0.39, 0.29) is 25.9 Å². The summed E-state index contributed by atoms with van der Waals surface area (Å²) in [6, 6.07) is -2.56. The van der Waals surface area contributed by atoms with Crippen molar-refractivity contribution in [3.05, 3.63) is 0 Å². The molecule has 2 rings (SSSR count). The Morgan fingerprint density at radius 1 is 1.26 bits per heavy atom. The van der Waals surface area contributed by atoms with Crippen LogP contribution in [0.5, 0.6) is 0 Å². The number of nitrogens with zero attached hydrogens (tertiary/aromatic N) is 1. The highest BCUT2D eigenvalue weighted by atomic mass is 19.4. The van der Waals surface area contributed by atoms with Gasteiger partial charge in [0.1, 0.15) is 6.04 Å². The highest BCUT2D eigenvalue weighted by Crippen LogP contribution is 2.29. The lowest BCUT2D eigenvalue weighted by atomic mass is 10.1. The van der Waals surface area contributed by atoms with Crippen LogP contribution < -0.4 is 5.32 Å². The van der Waals surface area contributed by atoms with E-state index >= 15 is 0 Å². The summed E-state index contributed by atoms with van der Waals surface area (Å²) < 4.78 is 65.1. The Kier molecular flexibility index (Phi) is 3.95. The molecule has 2 atom stereocenters. The molecule has 2 aliphatic rings. The molecule has 0 aromatic carbocycles. The van der Waals surface area contributed by atoms with E-state index < -0.39 is 36.9 Å². The van der Waals surface area contributed by atoms with Gasteiger partial charge in [-0.2, -0.15) is 22.0 Å². The van der Waals surface area contributed by atoms with Crippen molar-refractivity contribution in [1.82, 2.24) is 10.2 Å². The third kappa shape index (κ3) is 3.33. The van der Waals surface area contributed by atoms with E-state index in [1.54, 1.807) is 0 Å². The van der Waals surface area contributed by atoms with E-state index in [1.807, 2.05) is 0 Å². The van der Waals surface area contributed by atoms with E-state index in [0.29, 0.717) is 0 Å². The molecule has 1 amide bonds. The van der Waals surface area contributed by atoms with Crippen LogP contribution in [0.1, 0.15) is 12.8 Å². The molecule has 0 aromatic heterocycles. The minimum atomic E-state index is -4.37. The standard InChI is InChI=1S/C10H13F5N2O2/c11-9(12)19-5-3-17(4-5)8(18)6-1-2-7(16-6)10(13,14)15/h5-7,9,16H,1-4H2. The summed E-state index contributed by atoms with van der Waals surface area (Å²) in [6.07, 6.45) is -5.15. The van der Waals surface area contributed by atoms with Gasteiger partial charge in [0.2, 0.25) is 5.91 Å². The Bertz CT molecular complexity index is 343. The van der Waals surface area contributed by atoms with Gasteiger partial charge in [0.05, 0.1) is 12.1 Å². The molecule has 110 valence electrons. The van der Waals surface area contributed by atoms with Crippen molar-refractivity contribution in [2.45, 2.75) is 43.8 Å². The molecule has 0 radical (unpaired) electrons. The zero-order chi connectivity index (χ0) is 14.2. The number of halogens is 5. The molecule has 0 aromatic rings. The Labute approximate surface area is 105 Å². The Balaban J connectivity index is 1.77. The summed E-state index contributed by atoms with van der Waals surface area (Å²) in [4.78, 5) is 13.0. The predicted molar refractivity (Wildman–Crippen MR) is 53.5 cm³/mol. The van der Waals surface area contributed by atoms with E-state index in [4.69, 9.17) is 0 Å². The Morgan fingerprint density at radius 2 is 1.89 bits per heavy atom. The number of amides is 1. The second-order valence-electron chi connectivity index (χ2n) is 4.65. The first-order chi connectivity index (χ1) is 8.77. The molecule has 2 saturated heterocycles. The lowest BCUT2D eigenvalue weighted by Crippen LogP contribution is -2.59. The number of alkyl halides is 5. The summed E-state index contributed by atoms with van der Waals surface area (Å²) in [5.41, 5.74) is 0. The van der Waals surface area contributed by atoms with Crippen LogP contribution in [0, 0.1) is 0 Å². The molecule has 0 saturated carbocycles. The molecule has 2 heterocycles. The number of hydrogen-bond acceptors (Lipinski definition) is 3. The molecule has 2 fully saturated rings. The second kappa shape index (κ2) is 5.20. The number of ether oxygens (including phenoxy) is 1. The summed E-state index contributed by atoms with van der Waals surface area (Å²) in [6.45, 7) is -2.91. The lowest BCUT2D eigenvalue weighted by molar-refractivity contribution is -0.199. The predicted octanol–water partition coefficient (Wildman–Crippen LogP) is 1.12. The number of carbonyl (C=O) groups is 1. The van der Waals surface area contributed by atoms with Gasteiger partial charge in [0.25, 0.3) is 0 Å². The first-order valence-corrected chi connectivity index (χ1v) is 5.82. The number of nitrogens with one attached hydrogen (secondary N) is 1. The highest BCUT2D eigenvalue weighted by molar-refractivity contribution is 5.83. The van der Waals surface area contributed by atoms with Crippen molar-refractivity contribution in [1.29, 1.82) is 0 Å². The van der Waals surface area contributed by atoms with Gasteiger partial charge in [-0.25, -0.2) is 0 Å². The van der Waals surface area contributed by atoms with Gasteiger partial charge in [0.15, 0.2) is 0 Å². The molecule has 4 nitrogen and oxygen atoms in total. The van der Waals surface area contributed by atoms with E-state index in [2.05, 4.69) is 10.1 Å². The van der Waals surface area contributed by atoms with Crippen LogP contribution in [0.15, 0.2) is 0 Å². The van der Waals surface area contributed by atoms with Gasteiger partial charge in [-0.05, 0) is 12.8 Å². The summed E-state index contributed by atoms with van der Waals surface area (Å²) in [7, 11) is 0. The first kappa shape index (κ1) is 14.4. The smallest absolute Gasteiger partial charge is 0.336 e. The van der Waals surface area contributed by atoms with Crippen molar-refractivity contribution in [2.24, 2.45) is 0 Å². The van der Waals surface area contributed by atoms with Crippen molar-refractivity contribution in [3.63, 3.8) is 0 Å². The minimum absolute atomic E-state index is 0.00195. The number of likely N-dealkylation sites (tertiary alicyclic amines) is 1. The van der Waals surface area contributed by atoms with Gasteiger partial charge in [-0.1, -0.05) is 0 Å². The molecule has 2 unspecified atom stereocenters. The topological polar surface area (TPSA) is 41.6 Å². The van der Waals surface area contributed by atoms with Gasteiger partial charge in [0, 0.05) is 13.1 Å². The molecular formula is C10H13F5N2O2. The largest absolute Gasteiger partial charge is 0.403 e. The summed E-state index contributed by atoms with van der Waals surface area (Å²) in [5.74, 6) is -0.485. The van der Waals surface area contributed by atoms with Gasteiger partial charge in [-0.15, -0.1) is 0 Å². The van der Waals surface area contributed by atoms with Crippen LogP contribution >= 0.6 is 0 Å². The van der Waals surface area contributed by atoms with E-state index in [0.717, 1.165) is 0 Å². The fourth-order valence-corrected chi connectivity index (χ4v) is 2.27. The molecule has 9 heteroatoms. The van der Waals surface area contributed by atoms with Crippen LogP contribution in [0.4, 0.5) is 22.0 Å². The highest BCUT2D eigenvalue weighted by Gasteiger charge is 2.47. The van der Waals surface area contributed by atoms with Crippen molar-refractivity contribution < 1.29 is 31.5 Å². The van der Waals surface area contributed by atoms with Gasteiger partial charge in [-0.3, -0.25) is 10.1 Å². The maximum atomic E-state index is 12.4. The quantitative estimate of drug-likeness (QED) is 0.791. The Morgan fingerprint density at radius 3 is 2.37 bits per heavy atom. The zero-order valence-corrected chi connectivity index (χ0v) is 9.79. The monoisotopic (exact) mass is 288 g/mol. The molecule has 2 aliphatic heterocycles.